The summed E-state index contributed by atoms with van der Waals surface area (Å²) in [5, 5.41) is 0. The summed E-state index contributed by atoms with van der Waals surface area (Å²) in [5.41, 5.74) is 7.23. The molecule has 1 atom stereocenters. The van der Waals surface area contributed by atoms with Gasteiger partial charge in [-0.2, -0.15) is 0 Å². The average molecular weight is 324 g/mol. The monoisotopic (exact) mass is 324 g/mol. The van der Waals surface area contributed by atoms with E-state index in [0.717, 1.165) is 11.1 Å². The minimum atomic E-state index is -2.99. The van der Waals surface area contributed by atoms with Crippen LogP contribution in [0.2, 0.25) is 0 Å². The maximum Gasteiger partial charge on any atom is 0.269 e. The van der Waals surface area contributed by atoms with Crippen LogP contribution in [0, 0.1) is 19.8 Å². The first-order valence-electron chi connectivity index (χ1n) is 7.14. The number of nitrogens with one attached hydrogen (secondary N) is 2. The van der Waals surface area contributed by atoms with E-state index in [9.17, 15) is 18.0 Å². The van der Waals surface area contributed by atoms with E-state index in [2.05, 4.69) is 10.9 Å². The van der Waals surface area contributed by atoms with Gasteiger partial charge in [-0.1, -0.05) is 6.07 Å². The van der Waals surface area contributed by atoms with Gasteiger partial charge in [0.1, 0.15) is 0 Å². The minimum Gasteiger partial charge on any atom is -0.273 e. The number of hydrazine groups is 1. The molecule has 0 radical (unpaired) electrons. The van der Waals surface area contributed by atoms with Crippen molar-refractivity contribution in [1.29, 1.82) is 0 Å². The molecule has 0 aliphatic carbocycles. The number of hydrogen-bond donors (Lipinski definition) is 2. The first-order valence-corrected chi connectivity index (χ1v) is 8.96. The molecule has 2 amide bonds. The number of hydrogen-bond acceptors (Lipinski definition) is 4. The van der Waals surface area contributed by atoms with Gasteiger partial charge in [0.2, 0.25) is 5.91 Å². The van der Waals surface area contributed by atoms with Gasteiger partial charge in [-0.3, -0.25) is 20.4 Å². The zero-order valence-corrected chi connectivity index (χ0v) is 13.5. The van der Waals surface area contributed by atoms with E-state index in [1.807, 2.05) is 19.9 Å². The molecular weight excluding hydrogens is 304 g/mol. The Morgan fingerprint density at radius 1 is 1.18 bits per heavy atom. The third-order valence-electron chi connectivity index (χ3n) is 3.89. The van der Waals surface area contributed by atoms with E-state index >= 15 is 0 Å². The minimum absolute atomic E-state index is 0.0471. The molecule has 0 saturated carbocycles. The van der Waals surface area contributed by atoms with Crippen LogP contribution < -0.4 is 10.9 Å². The highest BCUT2D eigenvalue weighted by molar-refractivity contribution is 7.91. The summed E-state index contributed by atoms with van der Waals surface area (Å²) in [7, 11) is -2.99. The van der Waals surface area contributed by atoms with Gasteiger partial charge < -0.3 is 0 Å². The Labute approximate surface area is 130 Å². The Hall–Kier alpha value is -1.89. The maximum atomic E-state index is 11.9. The predicted molar refractivity (Wildman–Crippen MR) is 82.9 cm³/mol. The lowest BCUT2D eigenvalue weighted by Crippen LogP contribution is -2.42. The molecule has 2 N–H and O–H groups in total. The Bertz CT molecular complexity index is 697. The number of sulfone groups is 1. The van der Waals surface area contributed by atoms with E-state index in [1.165, 1.54) is 0 Å². The SMILES string of the molecule is Cc1ccc(C(=O)NNC(=O)C[C@H]2CCS(=O)(=O)C2)cc1C. The molecule has 1 heterocycles. The van der Waals surface area contributed by atoms with Gasteiger partial charge in [-0.15, -0.1) is 0 Å². The van der Waals surface area contributed by atoms with Crippen molar-refractivity contribution in [3.05, 3.63) is 34.9 Å². The van der Waals surface area contributed by atoms with E-state index in [-0.39, 0.29) is 29.8 Å². The average Bonchev–Trinajstić information content (AvgIpc) is 2.78. The quantitative estimate of drug-likeness (QED) is 0.808. The summed E-state index contributed by atoms with van der Waals surface area (Å²) in [6, 6.07) is 5.28. The fourth-order valence-electron chi connectivity index (χ4n) is 2.43. The van der Waals surface area contributed by atoms with Gasteiger partial charge >= 0.3 is 0 Å². The molecular formula is C15H20N2O4S. The van der Waals surface area contributed by atoms with Crippen LogP contribution in [0.5, 0.6) is 0 Å². The van der Waals surface area contributed by atoms with Crippen LogP contribution >= 0.6 is 0 Å². The van der Waals surface area contributed by atoms with Gasteiger partial charge in [0.15, 0.2) is 9.84 Å². The van der Waals surface area contributed by atoms with Crippen LogP contribution in [0.4, 0.5) is 0 Å². The van der Waals surface area contributed by atoms with Crippen LogP contribution in [-0.2, 0) is 14.6 Å². The molecule has 22 heavy (non-hydrogen) atoms. The second-order valence-electron chi connectivity index (χ2n) is 5.77. The molecule has 7 heteroatoms. The smallest absolute Gasteiger partial charge is 0.269 e. The second kappa shape index (κ2) is 6.48. The van der Waals surface area contributed by atoms with Gasteiger partial charge in [0.25, 0.3) is 5.91 Å². The van der Waals surface area contributed by atoms with Crippen molar-refractivity contribution in [3.63, 3.8) is 0 Å². The Morgan fingerprint density at radius 3 is 2.50 bits per heavy atom. The number of aryl methyl sites for hydroxylation is 2. The number of rotatable bonds is 3. The highest BCUT2D eigenvalue weighted by atomic mass is 32.2. The van der Waals surface area contributed by atoms with Crippen LogP contribution in [0.15, 0.2) is 18.2 Å². The van der Waals surface area contributed by atoms with Crippen molar-refractivity contribution in [2.75, 3.05) is 11.5 Å². The number of carbonyl (C=O) groups is 2. The van der Waals surface area contributed by atoms with E-state index < -0.39 is 15.7 Å². The van der Waals surface area contributed by atoms with Crippen LogP contribution in [0.1, 0.15) is 34.3 Å². The molecule has 1 aromatic carbocycles. The fourth-order valence-corrected chi connectivity index (χ4v) is 4.29. The molecule has 1 aliphatic rings. The zero-order valence-electron chi connectivity index (χ0n) is 12.7. The van der Waals surface area contributed by atoms with Gasteiger partial charge in [0.05, 0.1) is 11.5 Å². The molecule has 120 valence electrons. The number of carbonyl (C=O) groups excluding carboxylic acids is 2. The third kappa shape index (κ3) is 4.30. The predicted octanol–water partition coefficient (Wildman–Crippen LogP) is 0.889. The maximum absolute atomic E-state index is 11.9. The number of benzene rings is 1. The number of amides is 2. The highest BCUT2D eigenvalue weighted by Gasteiger charge is 2.29. The summed E-state index contributed by atoms with van der Waals surface area (Å²) in [4.78, 5) is 23.7. The summed E-state index contributed by atoms with van der Waals surface area (Å²) in [6.45, 7) is 3.86. The molecule has 0 bridgehead atoms. The molecule has 0 spiro atoms. The molecule has 1 fully saturated rings. The highest BCUT2D eigenvalue weighted by Crippen LogP contribution is 2.21. The van der Waals surface area contributed by atoms with Crippen LogP contribution in [0.3, 0.4) is 0 Å². The van der Waals surface area contributed by atoms with Crippen molar-refractivity contribution in [2.24, 2.45) is 5.92 Å². The summed E-state index contributed by atoms with van der Waals surface area (Å²) < 4.78 is 22.7. The van der Waals surface area contributed by atoms with Crippen molar-refractivity contribution >= 4 is 21.7 Å². The lowest BCUT2D eigenvalue weighted by Gasteiger charge is -2.10. The van der Waals surface area contributed by atoms with Crippen molar-refractivity contribution in [1.82, 2.24) is 10.9 Å². The molecule has 0 unspecified atom stereocenters. The molecule has 1 aromatic rings. The molecule has 0 aromatic heterocycles. The summed E-state index contributed by atoms with van der Waals surface area (Å²) in [5.74, 6) is -0.746. The Morgan fingerprint density at radius 2 is 1.91 bits per heavy atom. The van der Waals surface area contributed by atoms with Crippen molar-refractivity contribution < 1.29 is 18.0 Å². The molecule has 1 aliphatic heterocycles. The summed E-state index contributed by atoms with van der Waals surface area (Å²) in [6.07, 6.45) is 0.604. The topological polar surface area (TPSA) is 92.3 Å². The van der Waals surface area contributed by atoms with Gasteiger partial charge in [0, 0.05) is 12.0 Å². The normalized spacial score (nSPS) is 19.6. The van der Waals surface area contributed by atoms with E-state index in [1.54, 1.807) is 12.1 Å². The second-order valence-corrected chi connectivity index (χ2v) is 8.00. The van der Waals surface area contributed by atoms with E-state index in [4.69, 9.17) is 0 Å². The Balaban J connectivity index is 1.83. The van der Waals surface area contributed by atoms with Crippen LogP contribution in [-0.4, -0.2) is 31.7 Å². The molecule has 6 nitrogen and oxygen atoms in total. The molecule has 2 rings (SSSR count). The van der Waals surface area contributed by atoms with Crippen molar-refractivity contribution in [3.8, 4) is 0 Å². The van der Waals surface area contributed by atoms with Crippen molar-refractivity contribution in [2.45, 2.75) is 26.7 Å². The molecule has 1 saturated heterocycles. The van der Waals surface area contributed by atoms with Gasteiger partial charge in [-0.05, 0) is 49.4 Å². The largest absolute Gasteiger partial charge is 0.273 e. The van der Waals surface area contributed by atoms with Gasteiger partial charge in [-0.25, -0.2) is 8.42 Å². The fraction of sp³-hybridized carbons (Fsp3) is 0.467. The van der Waals surface area contributed by atoms with Crippen LogP contribution in [0.25, 0.3) is 0 Å². The standard InChI is InChI=1S/C15H20N2O4S/c1-10-3-4-13(7-11(10)2)15(19)17-16-14(18)8-12-5-6-22(20,21)9-12/h3-4,7,12H,5-6,8-9H2,1-2H3,(H,16,18)(H,17,19)/t12-/m1/s1. The first-order chi connectivity index (χ1) is 10.3. The third-order valence-corrected chi connectivity index (χ3v) is 5.72. The zero-order chi connectivity index (χ0) is 16.3. The lowest BCUT2D eigenvalue weighted by atomic mass is 10.1. The first kappa shape index (κ1) is 16.5. The van der Waals surface area contributed by atoms with E-state index in [0.29, 0.717) is 12.0 Å². The lowest BCUT2D eigenvalue weighted by molar-refractivity contribution is -0.122. The summed E-state index contributed by atoms with van der Waals surface area (Å²) >= 11 is 0. The Kier molecular flexibility index (Phi) is 4.85.